The van der Waals surface area contributed by atoms with Crippen LogP contribution in [0.4, 0.5) is 4.79 Å². The molecule has 0 spiro atoms. The minimum atomic E-state index is -1.01. The number of nitrogens with zero attached hydrogens (tertiary/aromatic N) is 2. The van der Waals surface area contributed by atoms with Gasteiger partial charge in [0, 0.05) is 35.9 Å². The van der Waals surface area contributed by atoms with Gasteiger partial charge in [0.1, 0.15) is 6.61 Å². The summed E-state index contributed by atoms with van der Waals surface area (Å²) in [5.41, 5.74) is 6.59. The number of carbonyl (C=O) groups is 3. The predicted octanol–water partition coefficient (Wildman–Crippen LogP) is 7.00. The Labute approximate surface area is 285 Å². The summed E-state index contributed by atoms with van der Waals surface area (Å²) in [6.45, 7) is 0.896. The molecule has 2 N–H and O–H groups in total. The zero-order chi connectivity index (χ0) is 33.3. The summed E-state index contributed by atoms with van der Waals surface area (Å²) in [5, 5.41) is 13.7. The minimum Gasteiger partial charge on any atom is -0.481 e. The number of aryl methyl sites for hydroxylation is 1. The molecule has 246 valence electrons. The number of nitrogens with one attached hydrogen (secondary N) is 1. The molecule has 9 heteroatoms. The molecule has 3 unspecified atom stereocenters. The summed E-state index contributed by atoms with van der Waals surface area (Å²) in [7, 11) is 0. The van der Waals surface area contributed by atoms with Crippen LogP contribution in [-0.2, 0) is 27.2 Å². The summed E-state index contributed by atoms with van der Waals surface area (Å²) >= 11 is 6.19. The van der Waals surface area contributed by atoms with Gasteiger partial charge in [-0.1, -0.05) is 78.3 Å². The van der Waals surface area contributed by atoms with Crippen molar-refractivity contribution in [2.75, 3.05) is 19.7 Å². The van der Waals surface area contributed by atoms with E-state index in [4.69, 9.17) is 16.3 Å². The third kappa shape index (κ3) is 6.41. The molecule has 1 fully saturated rings. The van der Waals surface area contributed by atoms with Gasteiger partial charge in [-0.15, -0.1) is 0 Å². The maximum absolute atomic E-state index is 14.3. The largest absolute Gasteiger partial charge is 0.481 e. The van der Waals surface area contributed by atoms with E-state index < -0.39 is 23.5 Å². The van der Waals surface area contributed by atoms with Crippen molar-refractivity contribution >= 4 is 29.6 Å². The number of fused-ring (bicyclic) bond motifs is 4. The lowest BCUT2D eigenvalue weighted by atomic mass is 9.80. The van der Waals surface area contributed by atoms with Crippen LogP contribution in [0.5, 0.6) is 0 Å². The second kappa shape index (κ2) is 13.4. The number of carboxylic acids is 1. The molecule has 1 aliphatic heterocycles. The Morgan fingerprint density at radius 2 is 1.65 bits per heavy atom. The molecular formula is C39H38ClN3O5. The third-order valence-electron chi connectivity index (χ3n) is 10.3. The second-order valence-corrected chi connectivity index (χ2v) is 13.7. The second-order valence-electron chi connectivity index (χ2n) is 13.3. The number of benzene rings is 3. The molecule has 2 amide bonds. The number of likely N-dealkylation sites (tertiary alicyclic amines) is 1. The minimum absolute atomic E-state index is 0.0830. The Kier molecular flexibility index (Phi) is 8.92. The number of amides is 2. The molecule has 2 aliphatic carbocycles. The zero-order valence-electron chi connectivity index (χ0n) is 26.6. The van der Waals surface area contributed by atoms with Crippen molar-refractivity contribution < 1.29 is 24.2 Å². The molecule has 48 heavy (non-hydrogen) atoms. The van der Waals surface area contributed by atoms with Crippen LogP contribution in [0.2, 0.25) is 5.02 Å². The van der Waals surface area contributed by atoms with Crippen LogP contribution >= 0.6 is 11.6 Å². The fourth-order valence-electron chi connectivity index (χ4n) is 8.14. The fourth-order valence-corrected chi connectivity index (χ4v) is 8.27. The Bertz CT molecular complexity index is 1800. The molecule has 2 heterocycles. The van der Waals surface area contributed by atoms with Crippen molar-refractivity contribution in [3.8, 4) is 11.1 Å². The summed E-state index contributed by atoms with van der Waals surface area (Å²) in [4.78, 5) is 46.3. The number of rotatable bonds is 9. The number of aliphatic carboxylic acids is 1. The van der Waals surface area contributed by atoms with Gasteiger partial charge in [-0.3, -0.25) is 14.6 Å². The van der Waals surface area contributed by atoms with Crippen LogP contribution in [0.15, 0.2) is 91.1 Å². The Morgan fingerprint density at radius 3 is 2.35 bits per heavy atom. The molecule has 8 nitrogen and oxygen atoms in total. The van der Waals surface area contributed by atoms with E-state index in [2.05, 4.69) is 34.6 Å². The molecule has 1 saturated heterocycles. The average molecular weight is 664 g/mol. The van der Waals surface area contributed by atoms with Crippen LogP contribution < -0.4 is 5.32 Å². The molecular weight excluding hydrogens is 626 g/mol. The van der Waals surface area contributed by atoms with Gasteiger partial charge in [-0.25, -0.2) is 4.79 Å². The van der Waals surface area contributed by atoms with Gasteiger partial charge in [-0.2, -0.15) is 0 Å². The molecule has 0 bridgehead atoms. The number of hydrogen-bond acceptors (Lipinski definition) is 5. The Hall–Kier alpha value is -4.69. The first-order valence-electron chi connectivity index (χ1n) is 16.6. The smallest absolute Gasteiger partial charge is 0.407 e. The molecule has 4 aromatic rings. The van der Waals surface area contributed by atoms with Gasteiger partial charge in [0.15, 0.2) is 0 Å². The van der Waals surface area contributed by atoms with Crippen molar-refractivity contribution in [2.24, 2.45) is 5.92 Å². The number of ether oxygens (including phenoxy) is 1. The van der Waals surface area contributed by atoms with Gasteiger partial charge in [0.25, 0.3) is 0 Å². The van der Waals surface area contributed by atoms with Crippen molar-refractivity contribution in [1.29, 1.82) is 0 Å². The van der Waals surface area contributed by atoms with E-state index in [-0.39, 0.29) is 37.3 Å². The topological polar surface area (TPSA) is 109 Å². The van der Waals surface area contributed by atoms with Crippen molar-refractivity contribution in [3.63, 3.8) is 0 Å². The highest BCUT2D eigenvalue weighted by Gasteiger charge is 2.44. The monoisotopic (exact) mass is 663 g/mol. The van der Waals surface area contributed by atoms with E-state index in [1.165, 1.54) is 0 Å². The first kappa shape index (κ1) is 31.9. The first-order chi connectivity index (χ1) is 23.3. The number of carbonyl (C=O) groups excluding carboxylic acids is 2. The first-order valence-corrected chi connectivity index (χ1v) is 17.0. The molecule has 3 atom stereocenters. The average Bonchev–Trinajstić information content (AvgIpc) is 3.66. The van der Waals surface area contributed by atoms with E-state index in [9.17, 15) is 19.5 Å². The number of pyridine rings is 1. The lowest BCUT2D eigenvalue weighted by Gasteiger charge is -2.44. The number of alkyl carbamates (subject to hydrolysis) is 1. The van der Waals surface area contributed by atoms with E-state index >= 15 is 0 Å². The maximum atomic E-state index is 14.3. The lowest BCUT2D eigenvalue weighted by Crippen LogP contribution is -2.61. The standard InChI is InChI=1S/C39H38ClN3O5/c40-26-14-12-25(13-15-26)22-39(42-38(47)48-23-34-29-9-3-1-7-27(29)28-8-2-4-10-30(28)34)18-6-20-43(24-39)37(46)33(21-36(44)45)31-16-17-35-32(31)11-5-19-41-35/h1-5,7-15,19,31,33-34H,6,16-18,20-24H2,(H,42,47)(H,44,45). The van der Waals surface area contributed by atoms with Crippen molar-refractivity contribution in [2.45, 2.75) is 55.9 Å². The highest BCUT2D eigenvalue weighted by Crippen LogP contribution is 2.45. The number of carboxylic acid groups (broad SMARTS) is 1. The highest BCUT2D eigenvalue weighted by atomic mass is 35.5. The zero-order valence-corrected chi connectivity index (χ0v) is 27.4. The van der Waals surface area contributed by atoms with E-state index in [0.717, 1.165) is 39.1 Å². The number of piperidine rings is 1. The maximum Gasteiger partial charge on any atom is 0.407 e. The Balaban J connectivity index is 1.12. The lowest BCUT2D eigenvalue weighted by molar-refractivity contribution is -0.146. The molecule has 0 saturated carbocycles. The van der Waals surface area contributed by atoms with Crippen molar-refractivity contribution in [1.82, 2.24) is 15.2 Å². The number of halogens is 1. The SMILES string of the molecule is O=C(O)CC(C(=O)N1CCCC(Cc2ccc(Cl)cc2)(NC(=O)OCC2c3ccccc3-c3ccccc32)C1)C1CCc2ncccc21. The normalized spacial score (nSPS) is 20.4. The van der Waals surface area contributed by atoms with Gasteiger partial charge >= 0.3 is 12.1 Å². The van der Waals surface area contributed by atoms with Gasteiger partial charge < -0.3 is 20.1 Å². The fraction of sp³-hybridized carbons (Fsp3) is 0.333. The van der Waals surface area contributed by atoms with Crippen LogP contribution in [-0.4, -0.2) is 58.2 Å². The van der Waals surface area contributed by atoms with Gasteiger partial charge in [0.2, 0.25) is 5.91 Å². The summed E-state index contributed by atoms with van der Waals surface area (Å²) in [6, 6.07) is 27.7. The van der Waals surface area contributed by atoms with Crippen LogP contribution in [0.1, 0.15) is 65.5 Å². The van der Waals surface area contributed by atoms with Crippen LogP contribution in [0.3, 0.4) is 0 Å². The van der Waals surface area contributed by atoms with Gasteiger partial charge in [0.05, 0.1) is 17.9 Å². The third-order valence-corrected chi connectivity index (χ3v) is 10.5. The number of hydrogen-bond donors (Lipinski definition) is 2. The molecule has 1 aromatic heterocycles. The highest BCUT2D eigenvalue weighted by molar-refractivity contribution is 6.30. The van der Waals surface area contributed by atoms with Crippen LogP contribution in [0, 0.1) is 5.92 Å². The Morgan fingerprint density at radius 1 is 0.958 bits per heavy atom. The molecule has 3 aliphatic rings. The van der Waals surface area contributed by atoms with Gasteiger partial charge in [-0.05, 0) is 89.6 Å². The summed E-state index contributed by atoms with van der Waals surface area (Å²) in [5.74, 6) is -2.24. The molecule has 0 radical (unpaired) electrons. The van der Waals surface area contributed by atoms with Crippen molar-refractivity contribution in [3.05, 3.63) is 124 Å². The predicted molar refractivity (Wildman–Crippen MR) is 183 cm³/mol. The molecule has 7 rings (SSSR count). The van der Waals surface area contributed by atoms with E-state index in [1.54, 1.807) is 11.1 Å². The number of aromatic nitrogens is 1. The van der Waals surface area contributed by atoms with E-state index in [0.29, 0.717) is 43.7 Å². The quantitative estimate of drug-likeness (QED) is 0.200. The summed E-state index contributed by atoms with van der Waals surface area (Å²) < 4.78 is 5.98. The summed E-state index contributed by atoms with van der Waals surface area (Å²) in [6.07, 6.45) is 4.05. The van der Waals surface area contributed by atoms with Crippen LogP contribution in [0.25, 0.3) is 11.1 Å². The van der Waals surface area contributed by atoms with E-state index in [1.807, 2.05) is 60.7 Å². The molecule has 3 aromatic carbocycles.